The summed E-state index contributed by atoms with van der Waals surface area (Å²) in [5.41, 5.74) is 3.40. The van der Waals surface area contributed by atoms with E-state index < -0.39 is 0 Å². The minimum Gasteiger partial charge on any atom is -0.462 e. The lowest BCUT2D eigenvalue weighted by atomic mass is 10.1. The van der Waals surface area contributed by atoms with Crippen LogP contribution in [0.1, 0.15) is 22.8 Å². The number of carbonyl (C=O) groups is 1. The van der Waals surface area contributed by atoms with Gasteiger partial charge in [0.1, 0.15) is 17.1 Å². The third kappa shape index (κ3) is 3.19. The van der Waals surface area contributed by atoms with Crippen molar-refractivity contribution in [1.82, 2.24) is 0 Å². The molecule has 0 fully saturated rings. The Bertz CT molecular complexity index is 799. The third-order valence-corrected chi connectivity index (χ3v) is 3.60. The fourth-order valence-corrected chi connectivity index (χ4v) is 2.42. The standard InChI is InChI=1S/C20H18O3/c1-3-22-20(21)17-13-18(15-7-5-4-6-8-15)23-19(17)16-11-9-14(2)10-12-16/h4-13H,3H2,1-2H3. The molecule has 1 heterocycles. The van der Waals surface area contributed by atoms with E-state index in [2.05, 4.69) is 0 Å². The Morgan fingerprint density at radius 3 is 2.35 bits per heavy atom. The van der Waals surface area contributed by atoms with Gasteiger partial charge in [-0.3, -0.25) is 0 Å². The second-order valence-electron chi connectivity index (χ2n) is 5.31. The van der Waals surface area contributed by atoms with Gasteiger partial charge < -0.3 is 9.15 Å². The Balaban J connectivity index is 2.10. The predicted molar refractivity (Wildman–Crippen MR) is 90.3 cm³/mol. The molecule has 3 nitrogen and oxygen atoms in total. The van der Waals surface area contributed by atoms with Crippen LogP contribution in [0.5, 0.6) is 0 Å². The highest BCUT2D eigenvalue weighted by atomic mass is 16.5. The van der Waals surface area contributed by atoms with E-state index >= 15 is 0 Å². The molecule has 0 bridgehead atoms. The SMILES string of the molecule is CCOC(=O)c1cc(-c2ccccc2)oc1-c1ccc(C)cc1. The third-order valence-electron chi connectivity index (χ3n) is 3.60. The number of aryl methyl sites for hydroxylation is 1. The lowest BCUT2D eigenvalue weighted by Crippen LogP contribution is -2.04. The van der Waals surface area contributed by atoms with Crippen molar-refractivity contribution >= 4 is 5.97 Å². The second kappa shape index (κ2) is 6.53. The van der Waals surface area contributed by atoms with Gasteiger partial charge in [-0.1, -0.05) is 60.2 Å². The molecule has 0 spiro atoms. The molecule has 3 aromatic rings. The van der Waals surface area contributed by atoms with Crippen LogP contribution in [0, 0.1) is 6.92 Å². The summed E-state index contributed by atoms with van der Waals surface area (Å²) in [4.78, 5) is 12.3. The molecule has 116 valence electrons. The van der Waals surface area contributed by atoms with Crippen molar-refractivity contribution in [2.75, 3.05) is 6.61 Å². The molecule has 0 N–H and O–H groups in total. The first-order valence-corrected chi connectivity index (χ1v) is 7.62. The Labute approximate surface area is 135 Å². The zero-order valence-corrected chi connectivity index (χ0v) is 13.2. The van der Waals surface area contributed by atoms with E-state index in [1.54, 1.807) is 13.0 Å². The number of hydrogen-bond acceptors (Lipinski definition) is 3. The molecular formula is C20H18O3. The van der Waals surface area contributed by atoms with Crippen LogP contribution in [0.2, 0.25) is 0 Å². The molecule has 0 aliphatic heterocycles. The van der Waals surface area contributed by atoms with Gasteiger partial charge in [-0.25, -0.2) is 4.79 Å². The molecule has 23 heavy (non-hydrogen) atoms. The maximum absolute atomic E-state index is 12.3. The molecule has 0 saturated heterocycles. The van der Waals surface area contributed by atoms with Crippen molar-refractivity contribution in [3.8, 4) is 22.6 Å². The van der Waals surface area contributed by atoms with Gasteiger partial charge in [0, 0.05) is 11.1 Å². The molecule has 0 unspecified atom stereocenters. The van der Waals surface area contributed by atoms with Crippen LogP contribution in [0.25, 0.3) is 22.6 Å². The first-order valence-electron chi connectivity index (χ1n) is 7.62. The number of ether oxygens (including phenoxy) is 1. The lowest BCUT2D eigenvalue weighted by molar-refractivity contribution is 0.0527. The zero-order valence-electron chi connectivity index (χ0n) is 13.2. The normalized spacial score (nSPS) is 10.5. The van der Waals surface area contributed by atoms with Crippen LogP contribution < -0.4 is 0 Å². The van der Waals surface area contributed by atoms with Crippen molar-refractivity contribution in [2.45, 2.75) is 13.8 Å². The predicted octanol–water partition coefficient (Wildman–Crippen LogP) is 5.10. The van der Waals surface area contributed by atoms with Crippen LogP contribution in [-0.2, 0) is 4.74 Å². The molecule has 0 amide bonds. The smallest absolute Gasteiger partial charge is 0.342 e. The summed E-state index contributed by atoms with van der Waals surface area (Å²) in [5.74, 6) is 0.834. The number of hydrogen-bond donors (Lipinski definition) is 0. The Morgan fingerprint density at radius 1 is 1.00 bits per heavy atom. The monoisotopic (exact) mass is 306 g/mol. The largest absolute Gasteiger partial charge is 0.462 e. The summed E-state index contributed by atoms with van der Waals surface area (Å²) in [7, 11) is 0. The van der Waals surface area contributed by atoms with Crippen molar-refractivity contribution in [1.29, 1.82) is 0 Å². The first kappa shape index (κ1) is 15.1. The van der Waals surface area contributed by atoms with E-state index in [9.17, 15) is 4.79 Å². The average molecular weight is 306 g/mol. The summed E-state index contributed by atoms with van der Waals surface area (Å²) < 4.78 is 11.2. The van der Waals surface area contributed by atoms with Crippen molar-refractivity contribution < 1.29 is 13.9 Å². The van der Waals surface area contributed by atoms with Gasteiger partial charge in [-0.05, 0) is 19.9 Å². The molecule has 3 heteroatoms. The minimum atomic E-state index is -0.367. The number of benzene rings is 2. The topological polar surface area (TPSA) is 39.4 Å². The van der Waals surface area contributed by atoms with Crippen molar-refractivity contribution in [3.05, 3.63) is 71.8 Å². The van der Waals surface area contributed by atoms with Crippen molar-refractivity contribution in [3.63, 3.8) is 0 Å². The Kier molecular flexibility index (Phi) is 4.29. The highest BCUT2D eigenvalue weighted by Crippen LogP contribution is 2.33. The molecule has 2 aromatic carbocycles. The highest BCUT2D eigenvalue weighted by molar-refractivity contribution is 5.97. The van der Waals surface area contributed by atoms with Crippen LogP contribution >= 0.6 is 0 Å². The number of furan rings is 1. The van der Waals surface area contributed by atoms with Gasteiger partial charge >= 0.3 is 5.97 Å². The van der Waals surface area contributed by atoms with Gasteiger partial charge in [0.25, 0.3) is 0 Å². The van der Waals surface area contributed by atoms with E-state index in [0.717, 1.165) is 16.7 Å². The second-order valence-corrected chi connectivity index (χ2v) is 5.31. The summed E-state index contributed by atoms with van der Waals surface area (Å²) >= 11 is 0. The molecule has 0 radical (unpaired) electrons. The van der Waals surface area contributed by atoms with Gasteiger partial charge in [-0.2, -0.15) is 0 Å². The fourth-order valence-electron chi connectivity index (χ4n) is 2.42. The summed E-state index contributed by atoms with van der Waals surface area (Å²) in [6, 6.07) is 19.4. The van der Waals surface area contributed by atoms with Gasteiger partial charge in [0.15, 0.2) is 0 Å². The molecule has 0 aliphatic carbocycles. The molecule has 0 atom stereocenters. The molecule has 0 saturated carbocycles. The van der Waals surface area contributed by atoms with Gasteiger partial charge in [0.05, 0.1) is 6.61 Å². The maximum Gasteiger partial charge on any atom is 0.342 e. The highest BCUT2D eigenvalue weighted by Gasteiger charge is 2.21. The molecular weight excluding hydrogens is 288 g/mol. The zero-order chi connectivity index (χ0) is 16.2. The summed E-state index contributed by atoms with van der Waals surface area (Å²) in [5, 5.41) is 0. The number of esters is 1. The average Bonchev–Trinajstić information content (AvgIpc) is 3.02. The van der Waals surface area contributed by atoms with Crippen LogP contribution in [0.3, 0.4) is 0 Å². The van der Waals surface area contributed by atoms with Crippen molar-refractivity contribution in [2.24, 2.45) is 0 Å². The quantitative estimate of drug-likeness (QED) is 0.630. The Hall–Kier alpha value is -2.81. The maximum atomic E-state index is 12.3. The van der Waals surface area contributed by atoms with Crippen LogP contribution in [-0.4, -0.2) is 12.6 Å². The fraction of sp³-hybridized carbons (Fsp3) is 0.150. The van der Waals surface area contributed by atoms with E-state index in [-0.39, 0.29) is 5.97 Å². The molecule has 1 aromatic heterocycles. The number of rotatable bonds is 4. The summed E-state index contributed by atoms with van der Waals surface area (Å²) in [6.07, 6.45) is 0. The van der Waals surface area contributed by atoms with E-state index in [1.165, 1.54) is 0 Å². The van der Waals surface area contributed by atoms with E-state index in [1.807, 2.05) is 61.5 Å². The number of carbonyl (C=O) groups excluding carboxylic acids is 1. The van der Waals surface area contributed by atoms with Gasteiger partial charge in [0.2, 0.25) is 0 Å². The van der Waals surface area contributed by atoms with E-state index in [4.69, 9.17) is 9.15 Å². The van der Waals surface area contributed by atoms with Gasteiger partial charge in [-0.15, -0.1) is 0 Å². The molecule has 3 rings (SSSR count). The first-order chi connectivity index (χ1) is 11.2. The van der Waals surface area contributed by atoms with E-state index in [0.29, 0.717) is 23.7 Å². The molecule has 0 aliphatic rings. The van der Waals surface area contributed by atoms with Crippen LogP contribution in [0.4, 0.5) is 0 Å². The summed E-state index contributed by atoms with van der Waals surface area (Å²) in [6.45, 7) is 4.15. The Morgan fingerprint density at radius 2 is 1.70 bits per heavy atom. The van der Waals surface area contributed by atoms with Crippen LogP contribution in [0.15, 0.2) is 65.1 Å². The minimum absolute atomic E-state index is 0.331. The lowest BCUT2D eigenvalue weighted by Gasteiger charge is -2.03.